The molecule has 6 nitrogen and oxygen atoms in total. The van der Waals surface area contributed by atoms with E-state index >= 15 is 0 Å². The van der Waals surface area contributed by atoms with E-state index in [0.717, 1.165) is 11.3 Å². The third kappa shape index (κ3) is 2.84. The van der Waals surface area contributed by atoms with Crippen LogP contribution in [0.3, 0.4) is 0 Å². The average Bonchev–Trinajstić information content (AvgIpc) is 2.91. The Bertz CT molecular complexity index is 862. The van der Waals surface area contributed by atoms with Gasteiger partial charge in [0.2, 0.25) is 0 Å². The predicted octanol–water partition coefficient (Wildman–Crippen LogP) is 3.45. The second-order valence-electron chi connectivity index (χ2n) is 4.48. The van der Waals surface area contributed by atoms with E-state index < -0.39 is 0 Å². The van der Waals surface area contributed by atoms with Crippen LogP contribution in [0, 0.1) is 0 Å². The molecule has 0 aliphatic carbocycles. The number of amides is 2. The van der Waals surface area contributed by atoms with E-state index in [9.17, 15) is 4.79 Å². The van der Waals surface area contributed by atoms with Crippen LogP contribution in [0.15, 0.2) is 36.5 Å². The molecule has 0 aliphatic rings. The first-order valence-corrected chi connectivity index (χ1v) is 7.13. The third-order valence-electron chi connectivity index (χ3n) is 3.00. The molecule has 3 aromatic rings. The second kappa shape index (κ2) is 5.82. The van der Waals surface area contributed by atoms with Crippen LogP contribution in [0.25, 0.3) is 16.9 Å². The number of carbonyl (C=O) groups is 1. The van der Waals surface area contributed by atoms with Crippen LogP contribution in [-0.2, 0) is 0 Å². The van der Waals surface area contributed by atoms with Crippen molar-refractivity contribution < 1.29 is 4.79 Å². The first-order valence-electron chi connectivity index (χ1n) is 6.37. The van der Waals surface area contributed by atoms with Gasteiger partial charge in [-0.05, 0) is 24.3 Å². The summed E-state index contributed by atoms with van der Waals surface area (Å²) in [6.45, 7) is 0. The molecule has 0 bridgehead atoms. The summed E-state index contributed by atoms with van der Waals surface area (Å²) in [5, 5.41) is 10.5. The van der Waals surface area contributed by atoms with E-state index in [1.807, 2.05) is 12.1 Å². The van der Waals surface area contributed by atoms with Gasteiger partial charge < -0.3 is 5.32 Å². The zero-order chi connectivity index (χ0) is 15.7. The number of benzene rings is 1. The highest BCUT2D eigenvalue weighted by Crippen LogP contribution is 2.27. The lowest BCUT2D eigenvalue weighted by Crippen LogP contribution is -2.24. The highest BCUT2D eigenvalue weighted by atomic mass is 35.5. The zero-order valence-electron chi connectivity index (χ0n) is 11.5. The lowest BCUT2D eigenvalue weighted by Gasteiger charge is -2.03. The summed E-state index contributed by atoms with van der Waals surface area (Å²) in [7, 11) is 1.53. The first-order chi connectivity index (χ1) is 10.6. The molecule has 22 heavy (non-hydrogen) atoms. The minimum Gasteiger partial charge on any atom is -0.341 e. The molecule has 0 atom stereocenters. The van der Waals surface area contributed by atoms with E-state index in [2.05, 4.69) is 20.7 Å². The van der Waals surface area contributed by atoms with Gasteiger partial charge in [0, 0.05) is 12.6 Å². The number of nitrogens with zero attached hydrogens (tertiary/aromatic N) is 3. The highest BCUT2D eigenvalue weighted by molar-refractivity contribution is 6.42. The van der Waals surface area contributed by atoms with Gasteiger partial charge in [0.05, 0.1) is 21.9 Å². The lowest BCUT2D eigenvalue weighted by atomic mass is 10.1. The van der Waals surface area contributed by atoms with Crippen LogP contribution in [-0.4, -0.2) is 27.7 Å². The van der Waals surface area contributed by atoms with E-state index in [1.54, 1.807) is 28.9 Å². The molecule has 0 unspecified atom stereocenters. The average molecular weight is 336 g/mol. The molecule has 2 amide bonds. The zero-order valence-corrected chi connectivity index (χ0v) is 13.0. The number of hydrogen-bond donors (Lipinski definition) is 2. The van der Waals surface area contributed by atoms with Gasteiger partial charge in [-0.3, -0.25) is 5.32 Å². The van der Waals surface area contributed by atoms with Gasteiger partial charge >= 0.3 is 6.03 Å². The number of aromatic nitrogens is 3. The third-order valence-corrected chi connectivity index (χ3v) is 3.74. The Kier molecular flexibility index (Phi) is 3.87. The maximum atomic E-state index is 11.3. The van der Waals surface area contributed by atoms with Crippen molar-refractivity contribution in [3.8, 4) is 11.3 Å². The minimum atomic E-state index is -0.340. The van der Waals surface area contributed by atoms with Crippen LogP contribution in [0.4, 0.5) is 10.6 Å². The van der Waals surface area contributed by atoms with Crippen LogP contribution in [0.2, 0.25) is 10.0 Å². The topological polar surface area (TPSA) is 71.3 Å². The molecular formula is C14H11Cl2N5O. The number of anilines is 1. The van der Waals surface area contributed by atoms with Gasteiger partial charge in [-0.15, -0.1) is 0 Å². The van der Waals surface area contributed by atoms with Crippen molar-refractivity contribution in [2.75, 3.05) is 12.4 Å². The molecule has 3 rings (SSSR count). The lowest BCUT2D eigenvalue weighted by molar-refractivity contribution is 0.254. The Balaban J connectivity index is 1.98. The fraction of sp³-hybridized carbons (Fsp3) is 0.0714. The summed E-state index contributed by atoms with van der Waals surface area (Å²) in [5.74, 6) is 0.415. The first kappa shape index (κ1) is 14.6. The fourth-order valence-corrected chi connectivity index (χ4v) is 2.23. The van der Waals surface area contributed by atoms with Gasteiger partial charge in [-0.1, -0.05) is 29.3 Å². The summed E-state index contributed by atoms with van der Waals surface area (Å²) in [4.78, 5) is 15.5. The molecule has 0 saturated carbocycles. The van der Waals surface area contributed by atoms with E-state index in [4.69, 9.17) is 23.2 Å². The molecule has 1 aromatic carbocycles. The number of halogens is 2. The quantitative estimate of drug-likeness (QED) is 0.753. The van der Waals surface area contributed by atoms with Gasteiger partial charge in [0.25, 0.3) is 0 Å². The Morgan fingerprint density at radius 2 is 2.00 bits per heavy atom. The van der Waals surface area contributed by atoms with E-state index in [0.29, 0.717) is 21.5 Å². The Morgan fingerprint density at radius 1 is 1.18 bits per heavy atom. The Morgan fingerprint density at radius 3 is 2.73 bits per heavy atom. The summed E-state index contributed by atoms with van der Waals surface area (Å²) in [6.07, 6.45) is 1.63. The maximum Gasteiger partial charge on any atom is 0.320 e. The molecule has 0 fully saturated rings. The van der Waals surface area contributed by atoms with Crippen molar-refractivity contribution in [2.45, 2.75) is 0 Å². The molecule has 2 N–H and O–H groups in total. The molecule has 0 radical (unpaired) electrons. The van der Waals surface area contributed by atoms with Crippen molar-refractivity contribution in [1.29, 1.82) is 0 Å². The predicted molar refractivity (Wildman–Crippen MR) is 86.5 cm³/mol. The van der Waals surface area contributed by atoms with Gasteiger partial charge in [0.1, 0.15) is 0 Å². The maximum absolute atomic E-state index is 11.3. The van der Waals surface area contributed by atoms with Gasteiger partial charge in [-0.25, -0.2) is 14.3 Å². The Hall–Kier alpha value is -2.31. The fourth-order valence-electron chi connectivity index (χ4n) is 1.93. The number of imidazole rings is 1. The molecule has 0 saturated heterocycles. The van der Waals surface area contributed by atoms with Crippen LogP contribution < -0.4 is 10.6 Å². The highest BCUT2D eigenvalue weighted by Gasteiger charge is 2.08. The molecular weight excluding hydrogens is 325 g/mol. The van der Waals surface area contributed by atoms with Crippen LogP contribution in [0.1, 0.15) is 0 Å². The number of fused-ring (bicyclic) bond motifs is 1. The molecule has 8 heteroatoms. The normalized spacial score (nSPS) is 10.7. The largest absolute Gasteiger partial charge is 0.341 e. The number of urea groups is 1. The molecule has 112 valence electrons. The summed E-state index contributed by atoms with van der Waals surface area (Å²) < 4.78 is 1.59. The van der Waals surface area contributed by atoms with Crippen molar-refractivity contribution >= 4 is 40.7 Å². The van der Waals surface area contributed by atoms with Gasteiger partial charge in [-0.2, -0.15) is 5.10 Å². The SMILES string of the molecule is CNC(=O)Nc1cn2nc(-c3ccc(Cl)c(Cl)c3)ccc2n1. The van der Waals surface area contributed by atoms with E-state index in [1.165, 1.54) is 7.05 Å². The van der Waals surface area contributed by atoms with Crippen molar-refractivity contribution in [1.82, 2.24) is 19.9 Å². The standard InChI is InChI=1S/C14H11Cl2N5O/c1-17-14(22)19-12-7-21-13(18-12)5-4-11(20-21)8-2-3-9(15)10(16)6-8/h2-7H,1H3,(H2,17,19,22). The number of hydrogen-bond acceptors (Lipinski definition) is 3. The number of carbonyl (C=O) groups excluding carboxylic acids is 1. The summed E-state index contributed by atoms with van der Waals surface area (Å²) >= 11 is 11.9. The van der Waals surface area contributed by atoms with Crippen LogP contribution in [0.5, 0.6) is 0 Å². The van der Waals surface area contributed by atoms with Gasteiger partial charge in [0.15, 0.2) is 11.5 Å². The Labute approximate surface area is 136 Å². The van der Waals surface area contributed by atoms with Crippen molar-refractivity contribution in [3.63, 3.8) is 0 Å². The molecule has 2 heterocycles. The molecule has 2 aromatic heterocycles. The van der Waals surface area contributed by atoms with Crippen LogP contribution >= 0.6 is 23.2 Å². The minimum absolute atomic E-state index is 0.340. The summed E-state index contributed by atoms with van der Waals surface area (Å²) in [5.41, 5.74) is 2.18. The monoisotopic (exact) mass is 335 g/mol. The summed E-state index contributed by atoms with van der Waals surface area (Å²) in [6, 6.07) is 8.60. The van der Waals surface area contributed by atoms with Crippen molar-refractivity contribution in [2.24, 2.45) is 0 Å². The number of nitrogens with one attached hydrogen (secondary N) is 2. The molecule has 0 spiro atoms. The molecule has 0 aliphatic heterocycles. The van der Waals surface area contributed by atoms with Crippen molar-refractivity contribution in [3.05, 3.63) is 46.6 Å². The number of rotatable bonds is 2. The smallest absolute Gasteiger partial charge is 0.320 e. The van der Waals surface area contributed by atoms with E-state index in [-0.39, 0.29) is 6.03 Å². The second-order valence-corrected chi connectivity index (χ2v) is 5.29.